The van der Waals surface area contributed by atoms with E-state index >= 15 is 0 Å². The van der Waals surface area contributed by atoms with Gasteiger partial charge in [-0.3, -0.25) is 4.79 Å². The summed E-state index contributed by atoms with van der Waals surface area (Å²) in [5, 5.41) is 8.84. The molecule has 0 amide bonds. The van der Waals surface area contributed by atoms with Crippen LogP contribution in [-0.4, -0.2) is 20.0 Å². The van der Waals surface area contributed by atoms with Crippen LogP contribution in [0.1, 0.15) is 22.8 Å². The van der Waals surface area contributed by atoms with Gasteiger partial charge in [-0.1, -0.05) is 0 Å². The molecule has 4 heteroatoms. The van der Waals surface area contributed by atoms with Crippen LogP contribution in [0.2, 0.25) is 0 Å². The third-order valence-corrected chi connectivity index (χ3v) is 2.02. The van der Waals surface area contributed by atoms with Crippen LogP contribution in [0.25, 0.3) is 0 Å². The Hall–Kier alpha value is -2.02. The number of carbonyl (C=O) groups excluding carboxylic acids is 1. The van der Waals surface area contributed by atoms with E-state index < -0.39 is 0 Å². The van der Waals surface area contributed by atoms with E-state index in [-0.39, 0.29) is 5.78 Å². The lowest BCUT2D eigenvalue weighted by atomic mass is 10.1. The number of ketones is 1. The Balaban J connectivity index is 3.42. The second-order valence-corrected chi connectivity index (χ2v) is 2.92. The lowest BCUT2D eigenvalue weighted by molar-refractivity contribution is 0.101. The number of hydrogen-bond donors (Lipinski definition) is 0. The van der Waals surface area contributed by atoms with Crippen molar-refractivity contribution in [3.05, 3.63) is 23.3 Å². The Bertz CT molecular complexity index is 432. The SMILES string of the molecule is COc1cc(OC)c(C(C)=O)cc1C#N. The molecule has 0 spiro atoms. The van der Waals surface area contributed by atoms with Gasteiger partial charge in [0.1, 0.15) is 17.6 Å². The fraction of sp³-hybridized carbons (Fsp3) is 0.273. The summed E-state index contributed by atoms with van der Waals surface area (Å²) in [5.41, 5.74) is 0.707. The van der Waals surface area contributed by atoms with Crippen molar-refractivity contribution < 1.29 is 14.3 Å². The van der Waals surface area contributed by atoms with E-state index in [9.17, 15) is 4.79 Å². The Labute approximate surface area is 88.0 Å². The van der Waals surface area contributed by atoms with E-state index in [1.807, 2.05) is 6.07 Å². The highest BCUT2D eigenvalue weighted by Crippen LogP contribution is 2.28. The number of methoxy groups -OCH3 is 2. The van der Waals surface area contributed by atoms with Gasteiger partial charge in [-0.15, -0.1) is 0 Å². The van der Waals surface area contributed by atoms with E-state index in [1.165, 1.54) is 33.3 Å². The van der Waals surface area contributed by atoms with Crippen LogP contribution in [0.5, 0.6) is 11.5 Å². The average molecular weight is 205 g/mol. The average Bonchev–Trinajstić information content (AvgIpc) is 2.26. The second kappa shape index (κ2) is 4.47. The predicted octanol–water partition coefficient (Wildman–Crippen LogP) is 1.78. The zero-order valence-corrected chi connectivity index (χ0v) is 8.83. The summed E-state index contributed by atoms with van der Waals surface area (Å²) < 4.78 is 10.0. The summed E-state index contributed by atoms with van der Waals surface area (Å²) in [6, 6.07) is 4.97. The van der Waals surface area contributed by atoms with Gasteiger partial charge in [0.2, 0.25) is 0 Å². The smallest absolute Gasteiger partial charge is 0.163 e. The number of hydrogen-bond acceptors (Lipinski definition) is 4. The molecule has 0 fully saturated rings. The molecule has 0 heterocycles. The minimum absolute atomic E-state index is 0.147. The molecule has 0 atom stereocenters. The quantitative estimate of drug-likeness (QED) is 0.705. The normalized spacial score (nSPS) is 9.20. The highest BCUT2D eigenvalue weighted by Gasteiger charge is 2.13. The van der Waals surface area contributed by atoms with Gasteiger partial charge < -0.3 is 9.47 Å². The third kappa shape index (κ3) is 2.08. The number of Topliss-reactive ketones (excluding diaryl/α,β-unsaturated/α-hetero) is 1. The molecule has 0 aliphatic heterocycles. The lowest BCUT2D eigenvalue weighted by Crippen LogP contribution is -2.00. The van der Waals surface area contributed by atoms with E-state index in [0.717, 1.165) is 0 Å². The summed E-state index contributed by atoms with van der Waals surface area (Å²) in [7, 11) is 2.93. The zero-order chi connectivity index (χ0) is 11.4. The number of ether oxygens (including phenoxy) is 2. The molecule has 15 heavy (non-hydrogen) atoms. The molecule has 0 unspecified atom stereocenters. The molecule has 1 aromatic carbocycles. The minimum Gasteiger partial charge on any atom is -0.496 e. The van der Waals surface area contributed by atoms with Crippen molar-refractivity contribution in [2.75, 3.05) is 14.2 Å². The summed E-state index contributed by atoms with van der Waals surface area (Å²) >= 11 is 0. The van der Waals surface area contributed by atoms with E-state index in [4.69, 9.17) is 14.7 Å². The number of nitrogens with zero attached hydrogens (tertiary/aromatic N) is 1. The monoisotopic (exact) mass is 205 g/mol. The van der Waals surface area contributed by atoms with Gasteiger partial charge in [-0.25, -0.2) is 0 Å². The Morgan fingerprint density at radius 2 is 1.87 bits per heavy atom. The lowest BCUT2D eigenvalue weighted by Gasteiger charge is -2.09. The molecule has 0 saturated carbocycles. The second-order valence-electron chi connectivity index (χ2n) is 2.92. The highest BCUT2D eigenvalue weighted by atomic mass is 16.5. The molecular weight excluding hydrogens is 194 g/mol. The zero-order valence-electron chi connectivity index (χ0n) is 8.83. The van der Waals surface area contributed by atoms with Crippen molar-refractivity contribution >= 4 is 5.78 Å². The largest absolute Gasteiger partial charge is 0.496 e. The molecule has 4 nitrogen and oxygen atoms in total. The Morgan fingerprint density at radius 1 is 1.27 bits per heavy atom. The summed E-state index contributed by atoms with van der Waals surface area (Å²) in [5.74, 6) is 0.670. The van der Waals surface area contributed by atoms with Crippen molar-refractivity contribution in [3.63, 3.8) is 0 Å². The number of rotatable bonds is 3. The molecule has 0 aromatic heterocycles. The number of benzene rings is 1. The van der Waals surface area contributed by atoms with Crippen LogP contribution in [-0.2, 0) is 0 Å². The summed E-state index contributed by atoms with van der Waals surface area (Å²) in [6.45, 7) is 1.42. The van der Waals surface area contributed by atoms with Crippen molar-refractivity contribution in [1.29, 1.82) is 5.26 Å². The summed E-state index contributed by atoms with van der Waals surface area (Å²) in [4.78, 5) is 11.3. The first kappa shape index (κ1) is 11.1. The maximum Gasteiger partial charge on any atom is 0.163 e. The molecule has 0 aliphatic carbocycles. The fourth-order valence-electron chi connectivity index (χ4n) is 1.26. The molecule has 1 rings (SSSR count). The Kier molecular flexibility index (Phi) is 3.29. The van der Waals surface area contributed by atoms with Crippen LogP contribution in [0.3, 0.4) is 0 Å². The maximum atomic E-state index is 11.3. The van der Waals surface area contributed by atoms with Gasteiger partial charge in [0.15, 0.2) is 5.78 Å². The van der Waals surface area contributed by atoms with Crippen LogP contribution in [0.15, 0.2) is 12.1 Å². The highest BCUT2D eigenvalue weighted by molar-refractivity contribution is 5.97. The maximum absolute atomic E-state index is 11.3. The predicted molar refractivity (Wildman–Crippen MR) is 54.3 cm³/mol. The van der Waals surface area contributed by atoms with Gasteiger partial charge in [0.05, 0.1) is 25.3 Å². The Morgan fingerprint density at radius 3 is 2.27 bits per heavy atom. The van der Waals surface area contributed by atoms with Gasteiger partial charge in [0, 0.05) is 6.07 Å². The third-order valence-electron chi connectivity index (χ3n) is 2.02. The molecule has 0 saturated heterocycles. The van der Waals surface area contributed by atoms with E-state index in [2.05, 4.69) is 0 Å². The minimum atomic E-state index is -0.147. The first-order valence-corrected chi connectivity index (χ1v) is 4.31. The molecule has 0 aliphatic rings. The first-order chi connectivity index (χ1) is 7.13. The summed E-state index contributed by atoms with van der Waals surface area (Å²) in [6.07, 6.45) is 0. The van der Waals surface area contributed by atoms with Crippen molar-refractivity contribution in [2.45, 2.75) is 6.92 Å². The van der Waals surface area contributed by atoms with Gasteiger partial charge in [-0.05, 0) is 13.0 Å². The van der Waals surface area contributed by atoms with Crippen LogP contribution < -0.4 is 9.47 Å². The number of carbonyl (C=O) groups is 1. The number of nitriles is 1. The van der Waals surface area contributed by atoms with Gasteiger partial charge >= 0.3 is 0 Å². The molecule has 78 valence electrons. The van der Waals surface area contributed by atoms with Crippen molar-refractivity contribution in [1.82, 2.24) is 0 Å². The van der Waals surface area contributed by atoms with Crippen LogP contribution >= 0.6 is 0 Å². The molecule has 0 N–H and O–H groups in total. The molecule has 0 radical (unpaired) electrons. The van der Waals surface area contributed by atoms with Crippen molar-refractivity contribution in [2.24, 2.45) is 0 Å². The van der Waals surface area contributed by atoms with Crippen LogP contribution in [0.4, 0.5) is 0 Å². The topological polar surface area (TPSA) is 59.3 Å². The molecule has 0 bridgehead atoms. The van der Waals surface area contributed by atoms with Crippen LogP contribution in [0, 0.1) is 11.3 Å². The molecule has 1 aromatic rings. The fourth-order valence-corrected chi connectivity index (χ4v) is 1.26. The van der Waals surface area contributed by atoms with E-state index in [0.29, 0.717) is 22.6 Å². The molecular formula is C11H11NO3. The van der Waals surface area contributed by atoms with Gasteiger partial charge in [-0.2, -0.15) is 5.26 Å². The van der Waals surface area contributed by atoms with E-state index in [1.54, 1.807) is 0 Å². The standard InChI is InChI=1S/C11H11NO3/c1-7(13)9-4-8(6-12)10(14-2)5-11(9)15-3/h4-5H,1-3H3. The van der Waals surface area contributed by atoms with Crippen molar-refractivity contribution in [3.8, 4) is 17.6 Å². The first-order valence-electron chi connectivity index (χ1n) is 4.31. The van der Waals surface area contributed by atoms with Gasteiger partial charge in [0.25, 0.3) is 0 Å².